The fourth-order valence-electron chi connectivity index (χ4n) is 3.13. The van der Waals surface area contributed by atoms with E-state index in [9.17, 15) is 19.2 Å². The molecule has 132 valence electrons. The molecule has 8 heteroatoms. The first-order valence-corrected chi connectivity index (χ1v) is 8.20. The number of benzene rings is 1. The Morgan fingerprint density at radius 1 is 1.16 bits per heavy atom. The fraction of sp³-hybridized carbons (Fsp3) is 0.412. The molecule has 1 atom stereocenters. The van der Waals surface area contributed by atoms with Crippen molar-refractivity contribution < 1.29 is 24.3 Å². The highest BCUT2D eigenvalue weighted by molar-refractivity contribution is 6.21. The molecular formula is C17H19N3O5. The Bertz CT molecular complexity index is 698. The molecule has 0 aliphatic carbocycles. The number of amides is 4. The number of fused-ring (bicyclic) bond motifs is 1. The van der Waals surface area contributed by atoms with Gasteiger partial charge in [-0.05, 0) is 25.0 Å². The van der Waals surface area contributed by atoms with Crippen molar-refractivity contribution in [1.82, 2.24) is 15.1 Å². The number of urea groups is 1. The van der Waals surface area contributed by atoms with Crippen LogP contribution in [0, 0.1) is 5.92 Å². The van der Waals surface area contributed by atoms with Crippen molar-refractivity contribution in [2.45, 2.75) is 12.8 Å². The van der Waals surface area contributed by atoms with Crippen LogP contribution in [-0.2, 0) is 4.79 Å². The number of carboxylic acid groups (broad SMARTS) is 1. The molecular weight excluding hydrogens is 326 g/mol. The minimum absolute atomic E-state index is 0.208. The van der Waals surface area contributed by atoms with Gasteiger partial charge < -0.3 is 15.3 Å². The molecule has 0 aromatic heterocycles. The first-order valence-electron chi connectivity index (χ1n) is 8.20. The summed E-state index contributed by atoms with van der Waals surface area (Å²) in [6.07, 6.45) is 0.894. The molecule has 2 heterocycles. The highest BCUT2D eigenvalue weighted by Gasteiger charge is 2.34. The van der Waals surface area contributed by atoms with Crippen LogP contribution in [0.3, 0.4) is 0 Å². The molecule has 0 bridgehead atoms. The van der Waals surface area contributed by atoms with Crippen LogP contribution in [0.5, 0.6) is 0 Å². The summed E-state index contributed by atoms with van der Waals surface area (Å²) in [5.74, 6) is -2.02. The van der Waals surface area contributed by atoms with Gasteiger partial charge in [-0.1, -0.05) is 12.1 Å². The van der Waals surface area contributed by atoms with Crippen molar-refractivity contribution in [2.24, 2.45) is 5.92 Å². The van der Waals surface area contributed by atoms with Gasteiger partial charge in [-0.2, -0.15) is 0 Å². The Morgan fingerprint density at radius 2 is 1.80 bits per heavy atom. The second kappa shape index (κ2) is 6.92. The van der Waals surface area contributed by atoms with Gasteiger partial charge in [0.05, 0.1) is 17.0 Å². The number of hydrogen-bond donors (Lipinski definition) is 2. The van der Waals surface area contributed by atoms with Gasteiger partial charge >= 0.3 is 12.0 Å². The summed E-state index contributed by atoms with van der Waals surface area (Å²) < 4.78 is 0. The van der Waals surface area contributed by atoms with E-state index in [1.165, 1.54) is 9.80 Å². The number of carbonyl (C=O) groups is 4. The van der Waals surface area contributed by atoms with Gasteiger partial charge in [0.15, 0.2) is 0 Å². The molecule has 25 heavy (non-hydrogen) atoms. The Morgan fingerprint density at radius 3 is 2.36 bits per heavy atom. The summed E-state index contributed by atoms with van der Waals surface area (Å²) in [4.78, 5) is 50.0. The quantitative estimate of drug-likeness (QED) is 0.606. The molecule has 2 aliphatic heterocycles. The van der Waals surface area contributed by atoms with E-state index in [1.807, 2.05) is 0 Å². The average Bonchev–Trinajstić information content (AvgIpc) is 3.18. The molecule has 1 aromatic carbocycles. The Balaban J connectivity index is 1.44. The van der Waals surface area contributed by atoms with Gasteiger partial charge in [-0.3, -0.25) is 19.3 Å². The minimum atomic E-state index is -0.888. The Kier molecular flexibility index (Phi) is 4.69. The van der Waals surface area contributed by atoms with E-state index in [-0.39, 0.29) is 30.9 Å². The number of aliphatic carboxylic acids is 1. The predicted molar refractivity (Wildman–Crippen MR) is 87.1 cm³/mol. The van der Waals surface area contributed by atoms with Crippen molar-refractivity contribution in [3.8, 4) is 0 Å². The van der Waals surface area contributed by atoms with E-state index in [0.717, 1.165) is 0 Å². The van der Waals surface area contributed by atoms with Crippen LogP contribution in [0.2, 0.25) is 0 Å². The van der Waals surface area contributed by atoms with Crippen LogP contribution in [0.1, 0.15) is 33.6 Å². The van der Waals surface area contributed by atoms with E-state index in [1.54, 1.807) is 24.3 Å². The lowest BCUT2D eigenvalue weighted by Gasteiger charge is -2.18. The molecule has 1 aromatic rings. The van der Waals surface area contributed by atoms with Gasteiger partial charge in [0.25, 0.3) is 11.8 Å². The molecule has 8 nitrogen and oxygen atoms in total. The molecule has 2 aliphatic rings. The highest BCUT2D eigenvalue weighted by Crippen LogP contribution is 2.22. The van der Waals surface area contributed by atoms with E-state index < -0.39 is 11.9 Å². The fourth-order valence-corrected chi connectivity index (χ4v) is 3.13. The molecule has 4 amide bonds. The molecule has 1 unspecified atom stereocenters. The lowest BCUT2D eigenvalue weighted by atomic mass is 10.1. The Labute approximate surface area is 144 Å². The van der Waals surface area contributed by atoms with Crippen molar-refractivity contribution in [1.29, 1.82) is 0 Å². The van der Waals surface area contributed by atoms with Gasteiger partial charge in [0.1, 0.15) is 0 Å². The second-order valence-corrected chi connectivity index (χ2v) is 6.16. The topological polar surface area (TPSA) is 107 Å². The average molecular weight is 345 g/mol. The van der Waals surface area contributed by atoms with Gasteiger partial charge in [-0.15, -0.1) is 0 Å². The smallest absolute Gasteiger partial charge is 0.317 e. The largest absolute Gasteiger partial charge is 0.481 e. The maximum Gasteiger partial charge on any atom is 0.317 e. The third-order valence-electron chi connectivity index (χ3n) is 4.54. The monoisotopic (exact) mass is 345 g/mol. The lowest BCUT2D eigenvalue weighted by molar-refractivity contribution is -0.141. The molecule has 2 N–H and O–H groups in total. The number of nitrogens with zero attached hydrogens (tertiary/aromatic N) is 2. The van der Waals surface area contributed by atoms with E-state index in [4.69, 9.17) is 5.11 Å². The zero-order chi connectivity index (χ0) is 18.0. The predicted octanol–water partition coefficient (Wildman–Crippen LogP) is 0.789. The number of nitrogens with one attached hydrogen (secondary N) is 1. The van der Waals surface area contributed by atoms with Gasteiger partial charge in [0.2, 0.25) is 0 Å². The van der Waals surface area contributed by atoms with Crippen LogP contribution in [0.25, 0.3) is 0 Å². The summed E-state index contributed by atoms with van der Waals surface area (Å²) in [6.45, 7) is 1.16. The number of imide groups is 1. The molecule has 0 radical (unpaired) electrons. The van der Waals surface area contributed by atoms with Crippen molar-refractivity contribution in [3.05, 3.63) is 35.4 Å². The van der Waals surface area contributed by atoms with Gasteiger partial charge in [0, 0.05) is 26.2 Å². The van der Waals surface area contributed by atoms with Gasteiger partial charge in [-0.25, -0.2) is 4.79 Å². The summed E-state index contributed by atoms with van der Waals surface area (Å²) in [7, 11) is 0. The SMILES string of the molecule is O=C(O)C1CCN(C(=O)NCCCN2C(=O)c3ccccc3C2=O)C1. The highest BCUT2D eigenvalue weighted by atomic mass is 16.4. The normalized spacial score (nSPS) is 19.3. The van der Waals surface area contributed by atoms with E-state index in [2.05, 4.69) is 5.32 Å². The lowest BCUT2D eigenvalue weighted by Crippen LogP contribution is -2.40. The van der Waals surface area contributed by atoms with Crippen LogP contribution < -0.4 is 5.32 Å². The van der Waals surface area contributed by atoms with E-state index >= 15 is 0 Å². The standard InChI is InChI=1S/C17H19N3O5/c21-14-12-4-1-2-5-13(12)15(22)20(14)8-3-7-18-17(25)19-9-6-11(10-19)16(23)24/h1-2,4-5,11H,3,6-10H2,(H,18,25)(H,23,24). The third kappa shape index (κ3) is 3.33. The summed E-state index contributed by atoms with van der Waals surface area (Å²) in [5, 5.41) is 11.6. The van der Waals surface area contributed by atoms with Crippen LogP contribution in [-0.4, -0.2) is 64.9 Å². The van der Waals surface area contributed by atoms with Crippen LogP contribution in [0.15, 0.2) is 24.3 Å². The van der Waals surface area contributed by atoms with Crippen LogP contribution in [0.4, 0.5) is 4.79 Å². The second-order valence-electron chi connectivity index (χ2n) is 6.16. The minimum Gasteiger partial charge on any atom is -0.481 e. The molecule has 1 saturated heterocycles. The maximum atomic E-state index is 12.2. The summed E-state index contributed by atoms with van der Waals surface area (Å²) >= 11 is 0. The molecule has 1 fully saturated rings. The summed E-state index contributed by atoms with van der Waals surface area (Å²) in [5.41, 5.74) is 0.821. The van der Waals surface area contributed by atoms with E-state index in [0.29, 0.717) is 37.1 Å². The number of carboxylic acids is 1. The zero-order valence-electron chi connectivity index (χ0n) is 13.6. The summed E-state index contributed by atoms with van der Waals surface area (Å²) in [6, 6.07) is 6.38. The maximum absolute atomic E-state index is 12.2. The number of rotatable bonds is 5. The number of likely N-dealkylation sites (tertiary alicyclic amines) is 1. The molecule has 0 spiro atoms. The first kappa shape index (κ1) is 16.9. The zero-order valence-corrected chi connectivity index (χ0v) is 13.6. The van der Waals surface area contributed by atoms with Crippen molar-refractivity contribution >= 4 is 23.8 Å². The van der Waals surface area contributed by atoms with Crippen molar-refractivity contribution in [2.75, 3.05) is 26.2 Å². The number of carbonyl (C=O) groups excluding carboxylic acids is 3. The number of hydrogen-bond acceptors (Lipinski definition) is 4. The molecule has 0 saturated carbocycles. The van der Waals surface area contributed by atoms with Crippen LogP contribution >= 0.6 is 0 Å². The Hall–Kier alpha value is -2.90. The molecule has 3 rings (SSSR count). The third-order valence-corrected chi connectivity index (χ3v) is 4.54. The van der Waals surface area contributed by atoms with Crippen molar-refractivity contribution in [3.63, 3.8) is 0 Å². The first-order chi connectivity index (χ1) is 12.0.